The number of piperazine rings is 1. The van der Waals surface area contributed by atoms with Crippen LogP contribution in [0.1, 0.15) is 23.0 Å². The number of nitrogens with two attached hydrogens (primary N) is 1. The van der Waals surface area contributed by atoms with E-state index in [0.717, 1.165) is 5.69 Å². The number of hydrogen-bond donors (Lipinski definition) is 1. The molecule has 2 heterocycles. The zero-order valence-electron chi connectivity index (χ0n) is 11.6. The highest BCUT2D eigenvalue weighted by Crippen LogP contribution is 2.13. The fourth-order valence-corrected chi connectivity index (χ4v) is 2.96. The maximum absolute atomic E-state index is 12.4. The Morgan fingerprint density at radius 3 is 2.45 bits per heavy atom. The minimum absolute atomic E-state index is 0.107. The van der Waals surface area contributed by atoms with Gasteiger partial charge < -0.3 is 4.90 Å². The van der Waals surface area contributed by atoms with Crippen molar-refractivity contribution in [3.63, 3.8) is 0 Å². The molecule has 0 saturated carbocycles. The summed E-state index contributed by atoms with van der Waals surface area (Å²) in [6, 6.07) is 0. The molecule has 1 aliphatic rings. The third-order valence-electron chi connectivity index (χ3n) is 3.36. The molecular formula is C11H19N5O3S. The van der Waals surface area contributed by atoms with E-state index in [1.807, 2.05) is 6.92 Å². The minimum Gasteiger partial charge on any atom is -0.336 e. The molecule has 0 unspecified atom stereocenters. The van der Waals surface area contributed by atoms with E-state index in [9.17, 15) is 13.2 Å². The van der Waals surface area contributed by atoms with Crippen molar-refractivity contribution < 1.29 is 13.2 Å². The minimum atomic E-state index is -3.67. The smallest absolute Gasteiger partial charge is 0.277 e. The van der Waals surface area contributed by atoms with Crippen LogP contribution in [0.25, 0.3) is 0 Å². The highest BCUT2D eigenvalue weighted by molar-refractivity contribution is 7.86. The summed E-state index contributed by atoms with van der Waals surface area (Å²) < 4.78 is 25.2. The van der Waals surface area contributed by atoms with Gasteiger partial charge in [-0.1, -0.05) is 6.92 Å². The predicted molar refractivity (Wildman–Crippen MR) is 73.2 cm³/mol. The van der Waals surface area contributed by atoms with Crippen molar-refractivity contribution in [3.05, 3.63) is 17.5 Å². The number of aromatic nitrogens is 2. The molecule has 0 aromatic carbocycles. The van der Waals surface area contributed by atoms with Gasteiger partial charge in [0.25, 0.3) is 16.1 Å². The Labute approximate surface area is 118 Å². The van der Waals surface area contributed by atoms with Gasteiger partial charge in [-0.2, -0.15) is 17.8 Å². The molecule has 0 bridgehead atoms. The van der Waals surface area contributed by atoms with Gasteiger partial charge in [-0.25, -0.2) is 5.14 Å². The van der Waals surface area contributed by atoms with Gasteiger partial charge >= 0.3 is 0 Å². The van der Waals surface area contributed by atoms with Crippen molar-refractivity contribution in [1.82, 2.24) is 19.0 Å². The first kappa shape index (κ1) is 14.9. The van der Waals surface area contributed by atoms with E-state index in [1.165, 1.54) is 4.31 Å². The highest BCUT2D eigenvalue weighted by Gasteiger charge is 2.28. The molecular weight excluding hydrogens is 282 g/mol. The third-order valence-corrected chi connectivity index (χ3v) is 4.44. The van der Waals surface area contributed by atoms with Gasteiger partial charge in [0.1, 0.15) is 0 Å². The molecule has 1 aliphatic heterocycles. The van der Waals surface area contributed by atoms with Crippen molar-refractivity contribution in [2.24, 2.45) is 12.2 Å². The van der Waals surface area contributed by atoms with Crippen molar-refractivity contribution in [1.29, 1.82) is 0 Å². The van der Waals surface area contributed by atoms with Gasteiger partial charge in [0, 0.05) is 39.4 Å². The molecule has 1 aromatic heterocycles. The van der Waals surface area contributed by atoms with Crippen LogP contribution < -0.4 is 5.14 Å². The Hall–Kier alpha value is -1.45. The molecule has 2 N–H and O–H groups in total. The number of aryl methyl sites for hydroxylation is 2. The molecule has 20 heavy (non-hydrogen) atoms. The standard InChI is InChI=1S/C11H19N5O3S/c1-3-10-9(8-14(2)13-10)11(17)15-4-6-16(7-5-15)20(12,18)19/h8H,3-7H2,1-2H3,(H2,12,18,19). The van der Waals surface area contributed by atoms with E-state index in [4.69, 9.17) is 5.14 Å². The predicted octanol–water partition coefficient (Wildman–Crippen LogP) is -1.06. The fraction of sp³-hybridized carbons (Fsp3) is 0.636. The quantitative estimate of drug-likeness (QED) is 0.769. The number of hydrogen-bond acceptors (Lipinski definition) is 4. The summed E-state index contributed by atoms with van der Waals surface area (Å²) in [5.41, 5.74) is 1.34. The second kappa shape index (κ2) is 5.51. The van der Waals surface area contributed by atoms with Crippen molar-refractivity contribution in [2.45, 2.75) is 13.3 Å². The zero-order chi connectivity index (χ0) is 14.9. The molecule has 0 spiro atoms. The van der Waals surface area contributed by atoms with Gasteiger partial charge in [-0.3, -0.25) is 9.48 Å². The molecule has 2 rings (SSSR count). The van der Waals surface area contributed by atoms with E-state index in [2.05, 4.69) is 5.10 Å². The number of nitrogens with zero attached hydrogens (tertiary/aromatic N) is 4. The van der Waals surface area contributed by atoms with Crippen LogP contribution in [0.2, 0.25) is 0 Å². The number of amides is 1. The molecule has 9 heteroatoms. The summed E-state index contributed by atoms with van der Waals surface area (Å²) >= 11 is 0. The lowest BCUT2D eigenvalue weighted by atomic mass is 10.2. The van der Waals surface area contributed by atoms with Gasteiger partial charge in [-0.15, -0.1) is 0 Å². The maximum atomic E-state index is 12.4. The maximum Gasteiger partial charge on any atom is 0.277 e. The van der Waals surface area contributed by atoms with Gasteiger partial charge in [-0.05, 0) is 6.42 Å². The lowest BCUT2D eigenvalue weighted by molar-refractivity contribution is 0.0696. The molecule has 1 aromatic rings. The van der Waals surface area contributed by atoms with E-state index in [1.54, 1.807) is 22.8 Å². The van der Waals surface area contributed by atoms with Crippen LogP contribution in [0.3, 0.4) is 0 Å². The second-order valence-corrected chi connectivity index (χ2v) is 6.30. The largest absolute Gasteiger partial charge is 0.336 e. The first-order valence-corrected chi connectivity index (χ1v) is 7.93. The first-order chi connectivity index (χ1) is 9.32. The summed E-state index contributed by atoms with van der Waals surface area (Å²) in [7, 11) is -1.90. The topological polar surface area (TPSA) is 102 Å². The van der Waals surface area contributed by atoms with Gasteiger partial charge in [0.2, 0.25) is 0 Å². The van der Waals surface area contributed by atoms with Crippen LogP contribution in [0.4, 0.5) is 0 Å². The summed E-state index contributed by atoms with van der Waals surface area (Å²) in [6.45, 7) is 3.08. The Kier molecular flexibility index (Phi) is 4.11. The van der Waals surface area contributed by atoms with Crippen molar-refractivity contribution >= 4 is 16.1 Å². The molecule has 0 aliphatic carbocycles. The molecule has 0 atom stereocenters. The van der Waals surface area contributed by atoms with Crippen molar-refractivity contribution in [2.75, 3.05) is 26.2 Å². The second-order valence-electron chi connectivity index (χ2n) is 4.75. The van der Waals surface area contributed by atoms with Crippen LogP contribution >= 0.6 is 0 Å². The molecule has 0 radical (unpaired) electrons. The van der Waals surface area contributed by atoms with Crippen LogP contribution in [0, 0.1) is 0 Å². The average Bonchev–Trinajstić information content (AvgIpc) is 2.78. The Morgan fingerprint density at radius 2 is 1.95 bits per heavy atom. The highest BCUT2D eigenvalue weighted by atomic mass is 32.2. The summed E-state index contributed by atoms with van der Waals surface area (Å²) in [4.78, 5) is 14.1. The van der Waals surface area contributed by atoms with Crippen LogP contribution in [0.15, 0.2) is 6.20 Å². The summed E-state index contributed by atoms with van der Waals surface area (Å²) in [5, 5.41) is 9.32. The Bertz CT molecular complexity index is 602. The summed E-state index contributed by atoms with van der Waals surface area (Å²) in [6.07, 6.45) is 2.38. The molecule has 1 amide bonds. The summed E-state index contributed by atoms with van der Waals surface area (Å²) in [5.74, 6) is -0.107. The van der Waals surface area contributed by atoms with E-state index < -0.39 is 10.2 Å². The zero-order valence-corrected chi connectivity index (χ0v) is 12.4. The number of carbonyl (C=O) groups excluding carboxylic acids is 1. The van der Waals surface area contributed by atoms with E-state index >= 15 is 0 Å². The Morgan fingerprint density at radius 1 is 1.35 bits per heavy atom. The monoisotopic (exact) mass is 301 g/mol. The number of rotatable bonds is 3. The van der Waals surface area contributed by atoms with Crippen LogP contribution in [0.5, 0.6) is 0 Å². The van der Waals surface area contributed by atoms with Crippen LogP contribution in [-0.4, -0.2) is 59.5 Å². The average molecular weight is 301 g/mol. The number of carbonyl (C=O) groups is 1. The Balaban J connectivity index is 2.09. The van der Waals surface area contributed by atoms with Crippen molar-refractivity contribution in [3.8, 4) is 0 Å². The lowest BCUT2D eigenvalue weighted by Gasteiger charge is -2.32. The molecule has 112 valence electrons. The molecule has 8 nitrogen and oxygen atoms in total. The first-order valence-electron chi connectivity index (χ1n) is 6.42. The normalized spacial score (nSPS) is 17.4. The fourth-order valence-electron chi connectivity index (χ4n) is 2.29. The lowest BCUT2D eigenvalue weighted by Crippen LogP contribution is -2.52. The van der Waals surface area contributed by atoms with Gasteiger partial charge in [0.15, 0.2) is 0 Å². The molecule has 1 fully saturated rings. The van der Waals surface area contributed by atoms with Crippen LogP contribution in [-0.2, 0) is 23.7 Å². The van der Waals surface area contributed by atoms with E-state index in [-0.39, 0.29) is 19.0 Å². The SMILES string of the molecule is CCc1nn(C)cc1C(=O)N1CCN(S(N)(=O)=O)CC1. The van der Waals surface area contributed by atoms with Gasteiger partial charge in [0.05, 0.1) is 11.3 Å². The van der Waals surface area contributed by atoms with E-state index in [0.29, 0.717) is 25.1 Å². The molecule has 1 saturated heterocycles. The third kappa shape index (κ3) is 3.00.